The molecule has 3 aliphatic heterocycles. The van der Waals surface area contributed by atoms with Crippen LogP contribution in [0.15, 0.2) is 18.2 Å². The summed E-state index contributed by atoms with van der Waals surface area (Å²) in [4.78, 5) is 38.3. The van der Waals surface area contributed by atoms with Gasteiger partial charge in [-0.1, -0.05) is 6.07 Å². The number of fused-ring (bicyclic) bond motifs is 1. The van der Waals surface area contributed by atoms with Crippen LogP contribution in [0.1, 0.15) is 18.9 Å². The Morgan fingerprint density at radius 1 is 1.31 bits per heavy atom. The second-order valence-electron chi connectivity index (χ2n) is 7.69. The van der Waals surface area contributed by atoms with Gasteiger partial charge in [0.15, 0.2) is 21.3 Å². The molecule has 2 N–H and O–H groups in total. The summed E-state index contributed by atoms with van der Waals surface area (Å²) in [6, 6.07) is 4.13. The molecule has 10 nitrogen and oxygen atoms in total. The summed E-state index contributed by atoms with van der Waals surface area (Å²) < 4.78 is 33.6. The first kappa shape index (κ1) is 19.5. The van der Waals surface area contributed by atoms with Crippen LogP contribution >= 0.6 is 0 Å². The van der Waals surface area contributed by atoms with E-state index in [1.54, 1.807) is 25.1 Å². The van der Waals surface area contributed by atoms with Crippen LogP contribution in [0.2, 0.25) is 0 Å². The lowest BCUT2D eigenvalue weighted by atomic mass is 9.92. The van der Waals surface area contributed by atoms with E-state index in [0.717, 1.165) is 10.5 Å². The summed E-state index contributed by atoms with van der Waals surface area (Å²) >= 11 is 0. The van der Waals surface area contributed by atoms with E-state index in [1.165, 1.54) is 0 Å². The van der Waals surface area contributed by atoms with Crippen LogP contribution in [0.3, 0.4) is 0 Å². The van der Waals surface area contributed by atoms with Gasteiger partial charge in [0.2, 0.25) is 12.7 Å². The molecule has 11 heteroatoms. The number of benzene rings is 1. The zero-order valence-corrected chi connectivity index (χ0v) is 16.6. The van der Waals surface area contributed by atoms with E-state index in [2.05, 4.69) is 10.6 Å². The predicted molar refractivity (Wildman–Crippen MR) is 100 cm³/mol. The average molecular weight is 423 g/mol. The van der Waals surface area contributed by atoms with E-state index in [1.807, 2.05) is 0 Å². The molecular formula is C18H21N3O7S. The molecule has 4 rings (SSSR count). The van der Waals surface area contributed by atoms with Gasteiger partial charge in [0.25, 0.3) is 5.91 Å². The topological polar surface area (TPSA) is 131 Å². The predicted octanol–water partition coefficient (Wildman–Crippen LogP) is -0.428. The first-order chi connectivity index (χ1) is 13.7. The number of nitrogens with zero attached hydrogens (tertiary/aromatic N) is 1. The molecule has 156 valence electrons. The van der Waals surface area contributed by atoms with Crippen molar-refractivity contribution < 1.29 is 32.3 Å². The lowest BCUT2D eigenvalue weighted by molar-refractivity contribution is -0.134. The van der Waals surface area contributed by atoms with Gasteiger partial charge in [-0.25, -0.2) is 13.2 Å². The van der Waals surface area contributed by atoms with Crippen LogP contribution in [-0.4, -0.2) is 67.6 Å². The van der Waals surface area contributed by atoms with E-state index in [0.29, 0.717) is 17.9 Å². The zero-order valence-electron chi connectivity index (χ0n) is 15.8. The molecule has 2 saturated heterocycles. The normalized spacial score (nSPS) is 27.2. The second kappa shape index (κ2) is 6.90. The molecule has 4 amide bonds. The van der Waals surface area contributed by atoms with Crippen LogP contribution in [0, 0.1) is 0 Å². The van der Waals surface area contributed by atoms with Crippen molar-refractivity contribution in [3.05, 3.63) is 23.8 Å². The number of urea groups is 1. The maximum Gasteiger partial charge on any atom is 0.325 e. The molecule has 29 heavy (non-hydrogen) atoms. The number of hydrogen-bond donors (Lipinski definition) is 2. The smallest absolute Gasteiger partial charge is 0.325 e. The Morgan fingerprint density at radius 2 is 2.07 bits per heavy atom. The summed E-state index contributed by atoms with van der Waals surface area (Å²) in [7, 11) is -3.14. The van der Waals surface area contributed by atoms with E-state index >= 15 is 0 Å². The number of nitrogens with one attached hydrogen (secondary N) is 2. The molecular weight excluding hydrogens is 402 g/mol. The van der Waals surface area contributed by atoms with Crippen LogP contribution in [0.4, 0.5) is 4.79 Å². The summed E-state index contributed by atoms with van der Waals surface area (Å²) in [6.07, 6.45) is 0.545. The van der Waals surface area contributed by atoms with E-state index < -0.39 is 45.8 Å². The van der Waals surface area contributed by atoms with Gasteiger partial charge < -0.3 is 20.1 Å². The third-order valence-electron chi connectivity index (χ3n) is 5.24. The Kier molecular flexibility index (Phi) is 4.64. The number of amides is 4. The minimum atomic E-state index is -3.14. The number of rotatable bonds is 5. The van der Waals surface area contributed by atoms with Crippen molar-refractivity contribution in [2.45, 2.75) is 31.3 Å². The zero-order chi connectivity index (χ0) is 20.8. The average Bonchev–Trinajstić information content (AvgIpc) is 3.28. The summed E-state index contributed by atoms with van der Waals surface area (Å²) in [5.74, 6) is 0.00545. The van der Waals surface area contributed by atoms with Gasteiger partial charge in [0, 0.05) is 12.5 Å². The molecule has 2 fully saturated rings. The van der Waals surface area contributed by atoms with Gasteiger partial charge in [-0.3, -0.25) is 14.5 Å². The Hall–Kier alpha value is -2.82. The first-order valence-corrected chi connectivity index (χ1v) is 11.0. The van der Waals surface area contributed by atoms with Gasteiger partial charge in [-0.15, -0.1) is 0 Å². The molecule has 1 aromatic rings. The van der Waals surface area contributed by atoms with Crippen LogP contribution in [0.5, 0.6) is 11.5 Å². The quantitative estimate of drug-likeness (QED) is 0.615. The summed E-state index contributed by atoms with van der Waals surface area (Å²) in [6.45, 7) is 1.27. The molecule has 0 radical (unpaired) electrons. The number of carbonyl (C=O) groups is 3. The van der Waals surface area contributed by atoms with Gasteiger partial charge in [0.05, 0.1) is 11.5 Å². The van der Waals surface area contributed by atoms with Gasteiger partial charge in [0.1, 0.15) is 12.1 Å². The standard InChI is InChI=1S/C18H21N3O7S/c1-18(7-11-2-3-13-14(6-11)28-10-27-13)16(23)21(17(24)20-18)8-15(22)19-12-4-5-29(25,26)9-12/h2-3,6,12H,4-5,7-10H2,1H3,(H,19,22)(H,20,24). The fraction of sp³-hybridized carbons (Fsp3) is 0.500. The second-order valence-corrected chi connectivity index (χ2v) is 9.91. The highest BCUT2D eigenvalue weighted by atomic mass is 32.2. The lowest BCUT2D eigenvalue weighted by Gasteiger charge is -2.22. The molecule has 2 atom stereocenters. The van der Waals surface area contributed by atoms with Crippen molar-refractivity contribution in [3.63, 3.8) is 0 Å². The maximum atomic E-state index is 12.9. The van der Waals surface area contributed by atoms with Crippen LogP contribution in [0.25, 0.3) is 0 Å². The van der Waals surface area contributed by atoms with Crippen molar-refractivity contribution in [2.24, 2.45) is 0 Å². The number of imide groups is 1. The highest BCUT2D eigenvalue weighted by Gasteiger charge is 2.48. The largest absolute Gasteiger partial charge is 0.454 e. The maximum absolute atomic E-state index is 12.9. The fourth-order valence-electron chi connectivity index (χ4n) is 3.80. The van der Waals surface area contributed by atoms with Crippen molar-refractivity contribution in [1.29, 1.82) is 0 Å². The van der Waals surface area contributed by atoms with Gasteiger partial charge in [-0.2, -0.15) is 0 Å². The lowest BCUT2D eigenvalue weighted by Crippen LogP contribution is -2.47. The third-order valence-corrected chi connectivity index (χ3v) is 7.01. The van der Waals surface area contributed by atoms with E-state index in [4.69, 9.17) is 9.47 Å². The molecule has 0 aromatic heterocycles. The number of ether oxygens (including phenoxy) is 2. The molecule has 0 bridgehead atoms. The molecule has 2 unspecified atom stereocenters. The Labute approximate surface area is 167 Å². The number of carbonyl (C=O) groups excluding carboxylic acids is 3. The summed E-state index contributed by atoms with van der Waals surface area (Å²) in [5, 5.41) is 5.23. The number of sulfone groups is 1. The van der Waals surface area contributed by atoms with Gasteiger partial charge in [-0.05, 0) is 31.0 Å². The molecule has 1 aromatic carbocycles. The SMILES string of the molecule is CC1(Cc2ccc3c(c2)OCO3)NC(=O)N(CC(=O)NC2CCS(=O)(=O)C2)C1=O. The molecule has 0 spiro atoms. The Morgan fingerprint density at radius 3 is 2.79 bits per heavy atom. The van der Waals surface area contributed by atoms with Gasteiger partial charge >= 0.3 is 6.03 Å². The van der Waals surface area contributed by atoms with E-state index in [9.17, 15) is 22.8 Å². The highest BCUT2D eigenvalue weighted by molar-refractivity contribution is 7.91. The monoisotopic (exact) mass is 423 g/mol. The minimum Gasteiger partial charge on any atom is -0.454 e. The fourth-order valence-corrected chi connectivity index (χ4v) is 5.47. The third kappa shape index (κ3) is 3.86. The molecule has 3 heterocycles. The van der Waals surface area contributed by atoms with E-state index in [-0.39, 0.29) is 24.7 Å². The molecule has 0 saturated carbocycles. The molecule has 3 aliphatic rings. The van der Waals surface area contributed by atoms with Crippen molar-refractivity contribution in [1.82, 2.24) is 15.5 Å². The summed E-state index contributed by atoms with van der Waals surface area (Å²) in [5.41, 5.74) is -0.435. The molecule has 0 aliphatic carbocycles. The Balaban J connectivity index is 1.40. The first-order valence-electron chi connectivity index (χ1n) is 9.18. The highest BCUT2D eigenvalue weighted by Crippen LogP contribution is 2.34. The Bertz CT molecular complexity index is 993. The number of hydrogen-bond acceptors (Lipinski definition) is 7. The van der Waals surface area contributed by atoms with Crippen LogP contribution < -0.4 is 20.1 Å². The van der Waals surface area contributed by atoms with Crippen molar-refractivity contribution in [2.75, 3.05) is 24.8 Å². The minimum absolute atomic E-state index is 0.0225. The van der Waals surface area contributed by atoms with Crippen molar-refractivity contribution >= 4 is 27.7 Å². The van der Waals surface area contributed by atoms with Crippen LogP contribution in [-0.2, 0) is 25.8 Å². The van der Waals surface area contributed by atoms with Crippen molar-refractivity contribution in [3.8, 4) is 11.5 Å².